The van der Waals surface area contributed by atoms with E-state index >= 15 is 0 Å². The lowest BCUT2D eigenvalue weighted by atomic mass is 10.0. The highest BCUT2D eigenvalue weighted by Crippen LogP contribution is 2.19. The zero-order chi connectivity index (χ0) is 13.9. The van der Waals surface area contributed by atoms with Gasteiger partial charge in [-0.05, 0) is 12.8 Å². The van der Waals surface area contributed by atoms with Gasteiger partial charge in [0, 0.05) is 38.6 Å². The molecule has 2 rings (SSSR count). The summed E-state index contributed by atoms with van der Waals surface area (Å²) in [6.45, 7) is 3.78. The van der Waals surface area contributed by atoms with Gasteiger partial charge in [0.25, 0.3) is 0 Å². The summed E-state index contributed by atoms with van der Waals surface area (Å²) in [4.78, 5) is 6.58. The van der Waals surface area contributed by atoms with Gasteiger partial charge >= 0.3 is 0 Å². The summed E-state index contributed by atoms with van der Waals surface area (Å²) in [6, 6.07) is 0. The van der Waals surface area contributed by atoms with E-state index < -0.39 is 10.0 Å². The fourth-order valence-corrected chi connectivity index (χ4v) is 3.49. The van der Waals surface area contributed by atoms with E-state index in [0.717, 1.165) is 13.1 Å². The Morgan fingerprint density at radius 2 is 1.75 bits per heavy atom. The molecule has 0 atom stereocenters. The number of aliphatic imine (C=N–C) groups is 1. The predicted molar refractivity (Wildman–Crippen MR) is 91.9 cm³/mol. The lowest BCUT2D eigenvalue weighted by molar-refractivity contribution is 0.208. The second-order valence-corrected chi connectivity index (χ2v) is 7.53. The standard InChI is InChI=1S/C12H24N4O2S.HI/c1-19(17,18)16-9-11(10-16)8-14-12(13)15-6-4-2-3-5-7-15;/h11H,2-10H2,1H3,(H2,13,14);1H. The maximum atomic E-state index is 11.2. The third-order valence-corrected chi connectivity index (χ3v) is 5.07. The van der Waals surface area contributed by atoms with Crippen LogP contribution in [0.25, 0.3) is 0 Å². The molecule has 2 heterocycles. The van der Waals surface area contributed by atoms with Crippen LogP contribution in [0.1, 0.15) is 25.7 Å². The average Bonchev–Trinajstić information content (AvgIpc) is 2.53. The first-order valence-electron chi connectivity index (χ1n) is 6.97. The summed E-state index contributed by atoms with van der Waals surface area (Å²) in [5.74, 6) is 0.944. The largest absolute Gasteiger partial charge is 0.370 e. The smallest absolute Gasteiger partial charge is 0.211 e. The highest BCUT2D eigenvalue weighted by atomic mass is 127. The number of guanidine groups is 1. The molecule has 0 spiro atoms. The number of nitrogens with two attached hydrogens (primary N) is 1. The molecule has 118 valence electrons. The van der Waals surface area contributed by atoms with Gasteiger partial charge in [0.1, 0.15) is 0 Å². The Hall–Kier alpha value is -0.0900. The van der Waals surface area contributed by atoms with Crippen LogP contribution < -0.4 is 5.73 Å². The van der Waals surface area contributed by atoms with Crippen LogP contribution in [0.2, 0.25) is 0 Å². The molecule has 0 unspecified atom stereocenters. The fraction of sp³-hybridized carbons (Fsp3) is 0.917. The summed E-state index contributed by atoms with van der Waals surface area (Å²) < 4.78 is 24.0. The van der Waals surface area contributed by atoms with Crippen molar-refractivity contribution in [2.75, 3.05) is 39.0 Å². The van der Waals surface area contributed by atoms with Gasteiger partial charge in [0.05, 0.1) is 6.26 Å². The molecule has 0 amide bonds. The molecule has 6 nitrogen and oxygen atoms in total. The van der Waals surface area contributed by atoms with E-state index in [2.05, 4.69) is 9.89 Å². The Bertz CT molecular complexity index is 427. The Balaban J connectivity index is 0.00000200. The van der Waals surface area contributed by atoms with E-state index in [9.17, 15) is 8.42 Å². The second kappa shape index (κ2) is 7.79. The van der Waals surface area contributed by atoms with Crippen molar-refractivity contribution in [2.45, 2.75) is 25.7 Å². The Labute approximate surface area is 138 Å². The summed E-state index contributed by atoms with van der Waals surface area (Å²) >= 11 is 0. The maximum Gasteiger partial charge on any atom is 0.211 e. The van der Waals surface area contributed by atoms with Crippen LogP contribution in [0.3, 0.4) is 0 Å². The van der Waals surface area contributed by atoms with Crippen molar-refractivity contribution in [1.29, 1.82) is 0 Å². The van der Waals surface area contributed by atoms with Crippen molar-refractivity contribution >= 4 is 40.0 Å². The van der Waals surface area contributed by atoms with Gasteiger partial charge < -0.3 is 10.6 Å². The zero-order valence-electron chi connectivity index (χ0n) is 12.0. The molecule has 2 fully saturated rings. The highest BCUT2D eigenvalue weighted by molar-refractivity contribution is 14.0. The number of halogens is 1. The van der Waals surface area contributed by atoms with E-state index in [4.69, 9.17) is 5.73 Å². The lowest BCUT2D eigenvalue weighted by Crippen LogP contribution is -2.51. The van der Waals surface area contributed by atoms with E-state index in [-0.39, 0.29) is 24.0 Å². The molecule has 0 saturated carbocycles. The van der Waals surface area contributed by atoms with Crippen molar-refractivity contribution in [1.82, 2.24) is 9.21 Å². The summed E-state index contributed by atoms with van der Waals surface area (Å²) in [5.41, 5.74) is 6.01. The molecular formula is C12H25IN4O2S. The first kappa shape index (κ1) is 18.0. The highest BCUT2D eigenvalue weighted by Gasteiger charge is 2.32. The molecule has 0 aliphatic carbocycles. The minimum absolute atomic E-state index is 0. The minimum Gasteiger partial charge on any atom is -0.370 e. The average molecular weight is 416 g/mol. The van der Waals surface area contributed by atoms with Gasteiger partial charge in [0.15, 0.2) is 5.96 Å². The van der Waals surface area contributed by atoms with Crippen LogP contribution in [0.4, 0.5) is 0 Å². The number of likely N-dealkylation sites (tertiary alicyclic amines) is 1. The normalized spacial score (nSPS) is 22.9. The predicted octanol–water partition coefficient (Wildman–Crippen LogP) is 0.686. The van der Waals surface area contributed by atoms with Crippen LogP contribution in [0.15, 0.2) is 4.99 Å². The van der Waals surface area contributed by atoms with Crippen molar-refractivity contribution in [3.63, 3.8) is 0 Å². The third kappa shape index (κ3) is 5.03. The zero-order valence-corrected chi connectivity index (χ0v) is 15.1. The number of rotatable bonds is 3. The Morgan fingerprint density at radius 3 is 2.25 bits per heavy atom. The molecule has 0 aromatic carbocycles. The summed E-state index contributed by atoms with van der Waals surface area (Å²) in [6.07, 6.45) is 6.16. The number of sulfonamides is 1. The number of hydrogen-bond acceptors (Lipinski definition) is 3. The molecule has 0 radical (unpaired) electrons. The summed E-state index contributed by atoms with van der Waals surface area (Å²) in [7, 11) is -3.02. The molecule has 20 heavy (non-hydrogen) atoms. The Morgan fingerprint density at radius 1 is 1.20 bits per heavy atom. The quantitative estimate of drug-likeness (QED) is 0.417. The van der Waals surface area contributed by atoms with Gasteiger partial charge in [0.2, 0.25) is 10.0 Å². The van der Waals surface area contributed by atoms with Gasteiger partial charge in [-0.2, -0.15) is 0 Å². The fourth-order valence-electron chi connectivity index (χ4n) is 2.53. The Kier molecular flexibility index (Phi) is 6.99. The van der Waals surface area contributed by atoms with Crippen LogP contribution in [0.5, 0.6) is 0 Å². The van der Waals surface area contributed by atoms with Crippen LogP contribution in [-0.2, 0) is 10.0 Å². The molecule has 2 aliphatic rings. The first-order valence-corrected chi connectivity index (χ1v) is 8.81. The van der Waals surface area contributed by atoms with Gasteiger partial charge in [-0.3, -0.25) is 4.99 Å². The molecule has 2 aliphatic heterocycles. The van der Waals surface area contributed by atoms with Crippen LogP contribution in [0, 0.1) is 5.92 Å². The summed E-state index contributed by atoms with van der Waals surface area (Å²) in [5, 5.41) is 0. The molecule has 2 saturated heterocycles. The first-order chi connectivity index (χ1) is 8.97. The second-order valence-electron chi connectivity index (χ2n) is 5.55. The monoisotopic (exact) mass is 416 g/mol. The number of nitrogens with zero attached hydrogens (tertiary/aromatic N) is 3. The molecule has 0 aromatic heterocycles. The molecule has 2 N–H and O–H groups in total. The van der Waals surface area contributed by atoms with Gasteiger partial charge in [-0.1, -0.05) is 12.8 Å². The van der Waals surface area contributed by atoms with Crippen molar-refractivity contribution in [3.05, 3.63) is 0 Å². The van der Waals surface area contributed by atoms with E-state index in [0.29, 0.717) is 31.5 Å². The molecular weight excluding hydrogens is 391 g/mol. The maximum absolute atomic E-state index is 11.2. The van der Waals surface area contributed by atoms with Crippen molar-refractivity contribution < 1.29 is 8.42 Å². The molecule has 0 bridgehead atoms. The minimum atomic E-state index is -3.02. The van der Waals surface area contributed by atoms with Crippen molar-refractivity contribution in [3.8, 4) is 0 Å². The van der Waals surface area contributed by atoms with E-state index in [1.807, 2.05) is 0 Å². The third-order valence-electron chi connectivity index (χ3n) is 3.83. The molecule has 8 heteroatoms. The SMILES string of the molecule is CS(=O)(=O)N1CC(CN=C(N)N2CCCCCC2)C1.I. The van der Waals surface area contributed by atoms with Gasteiger partial charge in [-0.25, -0.2) is 12.7 Å². The topological polar surface area (TPSA) is 79.0 Å². The number of hydrogen-bond donors (Lipinski definition) is 1. The van der Waals surface area contributed by atoms with Crippen LogP contribution in [-0.4, -0.2) is 62.6 Å². The van der Waals surface area contributed by atoms with Crippen molar-refractivity contribution in [2.24, 2.45) is 16.6 Å². The van der Waals surface area contributed by atoms with E-state index in [1.165, 1.54) is 36.2 Å². The molecule has 0 aromatic rings. The van der Waals surface area contributed by atoms with Crippen LogP contribution >= 0.6 is 24.0 Å². The van der Waals surface area contributed by atoms with E-state index in [1.54, 1.807) is 0 Å². The van der Waals surface area contributed by atoms with Gasteiger partial charge in [-0.15, -0.1) is 24.0 Å². The lowest BCUT2D eigenvalue weighted by Gasteiger charge is -2.36.